The van der Waals surface area contributed by atoms with Crippen LogP contribution in [0.1, 0.15) is 23.7 Å². The third kappa shape index (κ3) is 4.91. The maximum Gasteiger partial charge on any atom is 0.254 e. The Hall–Kier alpha value is -3.06. The average Bonchev–Trinajstić information content (AvgIpc) is 3.14. The minimum Gasteiger partial charge on any atom is -0.497 e. The highest BCUT2D eigenvalue weighted by Crippen LogP contribution is 2.23. The van der Waals surface area contributed by atoms with Crippen LogP contribution in [0.15, 0.2) is 48.5 Å². The van der Waals surface area contributed by atoms with Crippen LogP contribution in [0.4, 0.5) is 5.69 Å². The number of rotatable bonds is 7. The van der Waals surface area contributed by atoms with Gasteiger partial charge < -0.3 is 14.5 Å². The predicted molar refractivity (Wildman–Crippen MR) is 115 cm³/mol. The Morgan fingerprint density at radius 3 is 2.63 bits per heavy atom. The highest BCUT2D eigenvalue weighted by molar-refractivity contribution is 6.31. The molecule has 2 aromatic carbocycles. The second kappa shape index (κ2) is 9.63. The molecule has 0 spiro atoms. The van der Waals surface area contributed by atoms with Gasteiger partial charge in [0.15, 0.2) is 0 Å². The van der Waals surface area contributed by atoms with Crippen molar-refractivity contribution in [2.24, 2.45) is 0 Å². The van der Waals surface area contributed by atoms with E-state index in [1.165, 1.54) is 21.8 Å². The van der Waals surface area contributed by atoms with E-state index in [4.69, 9.17) is 16.3 Å². The summed E-state index contributed by atoms with van der Waals surface area (Å²) in [6.45, 7) is 2.38. The van der Waals surface area contributed by atoms with Crippen molar-refractivity contribution < 1.29 is 19.1 Å². The molecule has 1 heterocycles. The summed E-state index contributed by atoms with van der Waals surface area (Å²) in [5.74, 6) is -0.142. The molecule has 0 aliphatic carbocycles. The Morgan fingerprint density at radius 2 is 1.93 bits per heavy atom. The zero-order valence-corrected chi connectivity index (χ0v) is 17.8. The summed E-state index contributed by atoms with van der Waals surface area (Å²) in [6, 6.07) is 13.8. The number of halogens is 1. The van der Waals surface area contributed by atoms with Gasteiger partial charge in [0.1, 0.15) is 25.5 Å². The molecule has 0 N–H and O–H groups in total. The van der Waals surface area contributed by atoms with Crippen LogP contribution in [0.2, 0.25) is 5.02 Å². The second-order valence-corrected chi connectivity index (χ2v) is 7.43. The van der Waals surface area contributed by atoms with Gasteiger partial charge in [0.05, 0.1) is 7.11 Å². The first-order valence-electron chi connectivity index (χ1n) is 9.70. The summed E-state index contributed by atoms with van der Waals surface area (Å²) in [6.07, 6.45) is 0.705. The van der Waals surface area contributed by atoms with E-state index in [9.17, 15) is 14.4 Å². The zero-order valence-electron chi connectivity index (χ0n) is 17.0. The van der Waals surface area contributed by atoms with Crippen LogP contribution >= 0.6 is 11.6 Å². The van der Waals surface area contributed by atoms with E-state index in [1.807, 2.05) is 6.92 Å². The summed E-state index contributed by atoms with van der Waals surface area (Å²) in [5.41, 5.74) is 1.09. The van der Waals surface area contributed by atoms with Gasteiger partial charge in [-0.2, -0.15) is 0 Å². The molecule has 0 unspecified atom stereocenters. The van der Waals surface area contributed by atoms with Crippen LogP contribution in [-0.2, 0) is 9.59 Å². The van der Waals surface area contributed by atoms with E-state index in [2.05, 4.69) is 0 Å². The molecule has 1 fully saturated rings. The lowest BCUT2D eigenvalue weighted by molar-refractivity contribution is -0.132. The molecule has 2 aromatic rings. The maximum atomic E-state index is 12.9. The summed E-state index contributed by atoms with van der Waals surface area (Å²) in [7, 11) is 1.53. The molecule has 30 heavy (non-hydrogen) atoms. The topological polar surface area (TPSA) is 70.2 Å². The molecule has 1 saturated heterocycles. The number of amides is 3. The minimum absolute atomic E-state index is 0.0291. The number of hydrogen-bond donors (Lipinski definition) is 0. The average molecular weight is 430 g/mol. The standard InChI is InChI=1S/C22H24ClN3O4/c1-3-10-24(22(29)16-6-4-9-19(11-16)30-2)13-20(27)25-14-21(28)26(15-25)18-8-5-7-17(23)12-18/h4-9,11-12H,3,10,13-15H2,1-2H3. The van der Waals surface area contributed by atoms with Crippen molar-refractivity contribution in [2.75, 3.05) is 38.3 Å². The van der Waals surface area contributed by atoms with Gasteiger partial charge >= 0.3 is 0 Å². The maximum absolute atomic E-state index is 12.9. The van der Waals surface area contributed by atoms with Gasteiger partial charge in [-0.15, -0.1) is 0 Å². The number of anilines is 1. The summed E-state index contributed by atoms with van der Waals surface area (Å²) in [4.78, 5) is 42.7. The smallest absolute Gasteiger partial charge is 0.254 e. The lowest BCUT2D eigenvalue weighted by Crippen LogP contribution is -2.43. The number of hydrogen-bond acceptors (Lipinski definition) is 4. The number of carbonyl (C=O) groups excluding carboxylic acids is 3. The van der Waals surface area contributed by atoms with Crippen LogP contribution in [0.3, 0.4) is 0 Å². The van der Waals surface area contributed by atoms with Crippen LogP contribution in [0.5, 0.6) is 5.75 Å². The first kappa shape index (κ1) is 21.6. The molecule has 158 valence electrons. The molecule has 0 saturated carbocycles. The van der Waals surface area contributed by atoms with Crippen LogP contribution in [0, 0.1) is 0 Å². The number of ether oxygens (including phenoxy) is 1. The van der Waals surface area contributed by atoms with Gasteiger partial charge in [-0.3, -0.25) is 19.3 Å². The molecule has 8 heteroatoms. The van der Waals surface area contributed by atoms with E-state index in [0.29, 0.717) is 35.0 Å². The first-order chi connectivity index (χ1) is 14.4. The predicted octanol–water partition coefficient (Wildman–Crippen LogP) is 3.03. The molecule has 1 aliphatic heterocycles. The highest BCUT2D eigenvalue weighted by Gasteiger charge is 2.33. The van der Waals surface area contributed by atoms with Crippen molar-refractivity contribution >= 4 is 35.0 Å². The largest absolute Gasteiger partial charge is 0.497 e. The molecule has 0 aromatic heterocycles. The first-order valence-corrected chi connectivity index (χ1v) is 10.1. The Balaban J connectivity index is 1.70. The molecular weight excluding hydrogens is 406 g/mol. The van der Waals surface area contributed by atoms with E-state index in [-0.39, 0.29) is 37.5 Å². The van der Waals surface area contributed by atoms with Gasteiger partial charge in [0, 0.05) is 22.8 Å². The lowest BCUT2D eigenvalue weighted by Gasteiger charge is -2.25. The van der Waals surface area contributed by atoms with Gasteiger partial charge in [-0.25, -0.2) is 0 Å². The SMILES string of the molecule is CCCN(CC(=O)N1CC(=O)N(c2cccc(Cl)c2)C1)C(=O)c1cccc(OC)c1. The van der Waals surface area contributed by atoms with Crippen molar-refractivity contribution in [3.05, 3.63) is 59.1 Å². The molecule has 1 aliphatic rings. The van der Waals surface area contributed by atoms with E-state index in [1.54, 1.807) is 48.5 Å². The van der Waals surface area contributed by atoms with Gasteiger partial charge in [-0.1, -0.05) is 30.7 Å². The molecule has 3 amide bonds. The Morgan fingerprint density at radius 1 is 1.17 bits per heavy atom. The fraction of sp³-hybridized carbons (Fsp3) is 0.318. The molecular formula is C22H24ClN3O4. The Kier molecular flexibility index (Phi) is 6.95. The second-order valence-electron chi connectivity index (χ2n) is 6.99. The number of carbonyl (C=O) groups is 3. The Labute approximate surface area is 180 Å². The van der Waals surface area contributed by atoms with Crippen LogP contribution in [-0.4, -0.2) is 60.9 Å². The quantitative estimate of drug-likeness (QED) is 0.678. The van der Waals surface area contributed by atoms with E-state index in [0.717, 1.165) is 0 Å². The summed E-state index contributed by atoms with van der Waals surface area (Å²) >= 11 is 6.02. The third-order valence-electron chi connectivity index (χ3n) is 4.84. The monoisotopic (exact) mass is 429 g/mol. The normalized spacial score (nSPS) is 13.5. The fourth-order valence-corrected chi connectivity index (χ4v) is 3.49. The van der Waals surface area contributed by atoms with Crippen LogP contribution in [0.25, 0.3) is 0 Å². The molecule has 3 rings (SSSR count). The number of nitrogens with zero attached hydrogens (tertiary/aromatic N) is 3. The van der Waals surface area contributed by atoms with Crippen molar-refractivity contribution in [1.29, 1.82) is 0 Å². The summed E-state index contributed by atoms with van der Waals surface area (Å²) in [5, 5.41) is 0.517. The van der Waals surface area contributed by atoms with Gasteiger partial charge in [0.2, 0.25) is 11.8 Å². The summed E-state index contributed by atoms with van der Waals surface area (Å²) < 4.78 is 5.18. The zero-order chi connectivity index (χ0) is 21.7. The minimum atomic E-state index is -0.280. The van der Waals surface area contributed by atoms with E-state index < -0.39 is 0 Å². The van der Waals surface area contributed by atoms with Crippen molar-refractivity contribution in [3.63, 3.8) is 0 Å². The number of benzene rings is 2. The number of methoxy groups -OCH3 is 1. The van der Waals surface area contributed by atoms with Gasteiger partial charge in [-0.05, 0) is 42.8 Å². The van der Waals surface area contributed by atoms with Crippen molar-refractivity contribution in [1.82, 2.24) is 9.80 Å². The van der Waals surface area contributed by atoms with Crippen molar-refractivity contribution in [3.8, 4) is 5.75 Å². The molecule has 0 radical (unpaired) electrons. The molecule has 0 atom stereocenters. The van der Waals surface area contributed by atoms with E-state index >= 15 is 0 Å². The van der Waals surface area contributed by atoms with Crippen molar-refractivity contribution in [2.45, 2.75) is 13.3 Å². The Bertz CT molecular complexity index is 949. The fourth-order valence-electron chi connectivity index (χ4n) is 3.31. The molecule has 0 bridgehead atoms. The lowest BCUT2D eigenvalue weighted by atomic mass is 10.2. The van der Waals surface area contributed by atoms with Crippen LogP contribution < -0.4 is 9.64 Å². The third-order valence-corrected chi connectivity index (χ3v) is 5.07. The van der Waals surface area contributed by atoms with Gasteiger partial charge in [0.25, 0.3) is 5.91 Å². The molecule has 7 nitrogen and oxygen atoms in total. The highest BCUT2D eigenvalue weighted by atomic mass is 35.5.